The van der Waals surface area contributed by atoms with Gasteiger partial charge in [0, 0.05) is 34.9 Å². The smallest absolute Gasteiger partial charge is 0.229 e. The Kier molecular flexibility index (Phi) is 4.62. The van der Waals surface area contributed by atoms with Gasteiger partial charge in [0.1, 0.15) is 0 Å². The number of rotatable bonds is 3. The molecule has 0 aromatic heterocycles. The summed E-state index contributed by atoms with van der Waals surface area (Å²) in [6.07, 6.45) is 0.0750. The number of halogens is 3. The molecule has 2 aromatic rings. The second kappa shape index (κ2) is 6.68. The van der Waals surface area contributed by atoms with Gasteiger partial charge in [-0.3, -0.25) is 9.59 Å². The summed E-state index contributed by atoms with van der Waals surface area (Å²) in [6, 6.07) is 10.3. The number of carbonyl (C=O) groups is 2. The molecule has 0 unspecified atom stereocenters. The number of carbonyl (C=O) groups excluding carboxylic acids is 2. The highest BCUT2D eigenvalue weighted by molar-refractivity contribution is 9.10. The molecule has 1 fully saturated rings. The van der Waals surface area contributed by atoms with Gasteiger partial charge >= 0.3 is 0 Å². The third kappa shape index (κ3) is 3.46. The van der Waals surface area contributed by atoms with Crippen LogP contribution in [0.25, 0.3) is 0 Å². The van der Waals surface area contributed by atoms with Crippen LogP contribution in [-0.4, -0.2) is 18.4 Å². The van der Waals surface area contributed by atoms with E-state index in [9.17, 15) is 18.4 Å². The molecule has 1 heterocycles. The molecule has 24 heavy (non-hydrogen) atoms. The number of anilines is 2. The van der Waals surface area contributed by atoms with Crippen molar-refractivity contribution in [2.75, 3.05) is 16.8 Å². The van der Waals surface area contributed by atoms with Crippen molar-refractivity contribution in [2.24, 2.45) is 5.92 Å². The molecule has 0 saturated carbocycles. The summed E-state index contributed by atoms with van der Waals surface area (Å²) in [6.45, 7) is 0.246. The average molecular weight is 395 g/mol. The maximum absolute atomic E-state index is 13.2. The van der Waals surface area contributed by atoms with E-state index in [2.05, 4.69) is 21.2 Å². The Morgan fingerprint density at radius 1 is 1.12 bits per heavy atom. The molecule has 0 aliphatic carbocycles. The minimum atomic E-state index is -1.04. The molecule has 1 aliphatic rings. The van der Waals surface area contributed by atoms with Crippen molar-refractivity contribution in [1.29, 1.82) is 0 Å². The molecular formula is C17H13BrF2N2O2. The maximum Gasteiger partial charge on any atom is 0.229 e. The molecule has 124 valence electrons. The summed E-state index contributed by atoms with van der Waals surface area (Å²) in [5.74, 6) is -3.11. The van der Waals surface area contributed by atoms with E-state index >= 15 is 0 Å². The molecule has 1 aliphatic heterocycles. The van der Waals surface area contributed by atoms with Crippen LogP contribution in [0.3, 0.4) is 0 Å². The van der Waals surface area contributed by atoms with Gasteiger partial charge in [-0.05, 0) is 36.4 Å². The van der Waals surface area contributed by atoms with Crippen LogP contribution in [0.15, 0.2) is 46.9 Å². The van der Waals surface area contributed by atoms with E-state index in [1.165, 1.54) is 6.07 Å². The quantitative estimate of drug-likeness (QED) is 0.862. The Morgan fingerprint density at radius 3 is 2.50 bits per heavy atom. The highest BCUT2D eigenvalue weighted by Gasteiger charge is 2.35. The first-order chi connectivity index (χ1) is 11.4. The lowest BCUT2D eigenvalue weighted by Crippen LogP contribution is -2.28. The molecule has 0 spiro atoms. The van der Waals surface area contributed by atoms with E-state index in [0.717, 1.165) is 16.6 Å². The van der Waals surface area contributed by atoms with Crippen LogP contribution >= 0.6 is 15.9 Å². The second-order valence-corrected chi connectivity index (χ2v) is 6.42. The maximum atomic E-state index is 13.2. The normalized spacial score (nSPS) is 17.2. The summed E-state index contributed by atoms with van der Waals surface area (Å²) in [7, 11) is 0. The fraction of sp³-hybridized carbons (Fsp3) is 0.176. The van der Waals surface area contributed by atoms with Gasteiger partial charge in [-0.1, -0.05) is 15.9 Å². The van der Waals surface area contributed by atoms with Gasteiger partial charge in [0.25, 0.3) is 0 Å². The van der Waals surface area contributed by atoms with E-state index in [4.69, 9.17) is 0 Å². The number of hydrogen-bond donors (Lipinski definition) is 1. The monoisotopic (exact) mass is 394 g/mol. The van der Waals surface area contributed by atoms with Gasteiger partial charge in [0.2, 0.25) is 11.8 Å². The van der Waals surface area contributed by atoms with Gasteiger partial charge in [-0.15, -0.1) is 0 Å². The summed E-state index contributed by atoms with van der Waals surface area (Å²) in [4.78, 5) is 26.0. The van der Waals surface area contributed by atoms with Crippen LogP contribution in [0.5, 0.6) is 0 Å². The summed E-state index contributed by atoms with van der Waals surface area (Å²) >= 11 is 3.33. The average Bonchev–Trinajstić information content (AvgIpc) is 2.94. The minimum absolute atomic E-state index is 0.0750. The number of benzene rings is 2. The van der Waals surface area contributed by atoms with E-state index < -0.39 is 23.5 Å². The zero-order valence-corrected chi connectivity index (χ0v) is 14.0. The lowest BCUT2D eigenvalue weighted by molar-refractivity contribution is -0.122. The summed E-state index contributed by atoms with van der Waals surface area (Å²) < 4.78 is 27.0. The van der Waals surface area contributed by atoms with Crippen LogP contribution in [0.1, 0.15) is 6.42 Å². The van der Waals surface area contributed by atoms with Crippen LogP contribution in [0.4, 0.5) is 20.2 Å². The number of hydrogen-bond acceptors (Lipinski definition) is 2. The predicted molar refractivity (Wildman–Crippen MR) is 89.6 cm³/mol. The van der Waals surface area contributed by atoms with E-state index in [1.807, 2.05) is 12.1 Å². The van der Waals surface area contributed by atoms with E-state index in [1.54, 1.807) is 17.0 Å². The number of nitrogens with one attached hydrogen (secondary N) is 1. The van der Waals surface area contributed by atoms with E-state index in [-0.39, 0.29) is 24.6 Å². The minimum Gasteiger partial charge on any atom is -0.326 e. The van der Waals surface area contributed by atoms with Crippen molar-refractivity contribution >= 4 is 39.1 Å². The van der Waals surface area contributed by atoms with E-state index in [0.29, 0.717) is 5.69 Å². The SMILES string of the molecule is O=C(Nc1ccc(F)c(F)c1)[C@H]1CC(=O)N(c2ccc(Br)cc2)C1. The highest BCUT2D eigenvalue weighted by atomic mass is 79.9. The number of nitrogens with zero attached hydrogens (tertiary/aromatic N) is 1. The molecule has 7 heteroatoms. The predicted octanol–water partition coefficient (Wildman–Crippen LogP) is 3.72. The molecule has 3 rings (SSSR count). The Bertz CT molecular complexity index is 796. The first-order valence-corrected chi connectivity index (χ1v) is 8.05. The molecule has 1 saturated heterocycles. The molecule has 0 radical (unpaired) electrons. The molecule has 2 aromatic carbocycles. The zero-order chi connectivity index (χ0) is 17.3. The van der Waals surface area contributed by atoms with Gasteiger partial charge in [0.05, 0.1) is 5.92 Å². The van der Waals surface area contributed by atoms with Gasteiger partial charge in [0.15, 0.2) is 11.6 Å². The standard InChI is InChI=1S/C17H13BrF2N2O2/c18-11-1-4-13(5-2-11)22-9-10(7-16(22)23)17(24)21-12-3-6-14(19)15(20)8-12/h1-6,8,10H,7,9H2,(H,21,24)/t10-/m0/s1. The van der Waals surface area contributed by atoms with Crippen LogP contribution in [-0.2, 0) is 9.59 Å². The molecule has 4 nitrogen and oxygen atoms in total. The lowest BCUT2D eigenvalue weighted by atomic mass is 10.1. The third-order valence-corrected chi connectivity index (χ3v) is 4.35. The zero-order valence-electron chi connectivity index (χ0n) is 12.4. The Balaban J connectivity index is 1.69. The first kappa shape index (κ1) is 16.6. The topological polar surface area (TPSA) is 49.4 Å². The van der Waals surface area contributed by atoms with Gasteiger partial charge < -0.3 is 10.2 Å². The Labute approximate surface area is 145 Å². The molecule has 1 atom stereocenters. The highest BCUT2D eigenvalue weighted by Crippen LogP contribution is 2.27. The van der Waals surface area contributed by atoms with Gasteiger partial charge in [-0.25, -0.2) is 8.78 Å². The summed E-state index contributed by atoms with van der Waals surface area (Å²) in [5, 5.41) is 2.52. The fourth-order valence-electron chi connectivity index (χ4n) is 2.57. The first-order valence-electron chi connectivity index (χ1n) is 7.26. The van der Waals surface area contributed by atoms with Crippen molar-refractivity contribution in [1.82, 2.24) is 0 Å². The molecular weight excluding hydrogens is 382 g/mol. The van der Waals surface area contributed by atoms with Crippen LogP contribution in [0, 0.1) is 17.6 Å². The Morgan fingerprint density at radius 2 is 1.83 bits per heavy atom. The Hall–Kier alpha value is -2.28. The molecule has 1 N–H and O–H groups in total. The molecule has 2 amide bonds. The second-order valence-electron chi connectivity index (χ2n) is 5.50. The van der Waals surface area contributed by atoms with Crippen molar-refractivity contribution in [3.63, 3.8) is 0 Å². The summed E-state index contributed by atoms with van der Waals surface area (Å²) in [5.41, 5.74) is 0.875. The van der Waals surface area contributed by atoms with Crippen molar-refractivity contribution < 1.29 is 18.4 Å². The van der Waals surface area contributed by atoms with Crippen molar-refractivity contribution in [2.45, 2.75) is 6.42 Å². The number of amides is 2. The third-order valence-electron chi connectivity index (χ3n) is 3.82. The van der Waals surface area contributed by atoms with Crippen molar-refractivity contribution in [3.8, 4) is 0 Å². The lowest BCUT2D eigenvalue weighted by Gasteiger charge is -2.16. The fourth-order valence-corrected chi connectivity index (χ4v) is 2.84. The molecule has 0 bridgehead atoms. The van der Waals surface area contributed by atoms with Crippen LogP contribution < -0.4 is 10.2 Å². The van der Waals surface area contributed by atoms with Crippen LogP contribution in [0.2, 0.25) is 0 Å². The largest absolute Gasteiger partial charge is 0.326 e. The van der Waals surface area contributed by atoms with Gasteiger partial charge in [-0.2, -0.15) is 0 Å². The van der Waals surface area contributed by atoms with Crippen molar-refractivity contribution in [3.05, 3.63) is 58.6 Å².